The van der Waals surface area contributed by atoms with Crippen LogP contribution in [-0.2, 0) is 33.2 Å². The van der Waals surface area contributed by atoms with Crippen LogP contribution in [0.15, 0.2) is 0 Å². The fraction of sp³-hybridized carbons (Fsp3) is 1.00. The summed E-state index contributed by atoms with van der Waals surface area (Å²) in [5.41, 5.74) is 0. The summed E-state index contributed by atoms with van der Waals surface area (Å²) in [5.74, 6) is 0.275. The molecule has 3 rings (SSSR count). The van der Waals surface area contributed by atoms with Crippen LogP contribution < -0.4 is 0 Å². The van der Waals surface area contributed by atoms with Gasteiger partial charge in [-0.25, -0.2) is 0 Å². The van der Waals surface area contributed by atoms with Crippen LogP contribution in [0.25, 0.3) is 0 Å². The van der Waals surface area contributed by atoms with Crippen molar-refractivity contribution >= 4 is 11.6 Å². The van der Waals surface area contributed by atoms with Gasteiger partial charge >= 0.3 is 0 Å². The first-order valence-electron chi connectivity index (χ1n) is 5.65. The standard InChI is InChI=1S/C10H15ClO7/c1-12-9-14-4(3-11)5-6(16-9)7-8(15-5)18-10(13-2)17-7/h4-10H,3H2,1-2H3. The molecule has 7 nitrogen and oxygen atoms in total. The van der Waals surface area contributed by atoms with Gasteiger partial charge in [0.25, 0.3) is 13.0 Å². The molecule has 0 aliphatic carbocycles. The second kappa shape index (κ2) is 5.18. The lowest BCUT2D eigenvalue weighted by Gasteiger charge is -2.37. The number of hydrogen-bond acceptors (Lipinski definition) is 7. The first-order valence-corrected chi connectivity index (χ1v) is 6.19. The van der Waals surface area contributed by atoms with Crippen molar-refractivity contribution in [2.45, 2.75) is 43.7 Å². The Balaban J connectivity index is 1.74. The molecule has 3 aliphatic rings. The Kier molecular flexibility index (Phi) is 3.75. The number of halogens is 1. The highest BCUT2D eigenvalue weighted by Crippen LogP contribution is 2.39. The molecule has 0 amide bonds. The number of alkyl halides is 1. The molecule has 104 valence electrons. The highest BCUT2D eigenvalue weighted by molar-refractivity contribution is 6.18. The second-order valence-electron chi connectivity index (χ2n) is 4.18. The number of methoxy groups -OCH3 is 2. The van der Waals surface area contributed by atoms with Crippen LogP contribution in [0.5, 0.6) is 0 Å². The van der Waals surface area contributed by atoms with E-state index < -0.39 is 19.2 Å². The zero-order chi connectivity index (χ0) is 12.7. The maximum atomic E-state index is 5.86. The van der Waals surface area contributed by atoms with Crippen molar-refractivity contribution in [2.75, 3.05) is 20.1 Å². The molecule has 0 aromatic rings. The second-order valence-corrected chi connectivity index (χ2v) is 4.49. The lowest BCUT2D eigenvalue weighted by Crippen LogP contribution is -2.52. The van der Waals surface area contributed by atoms with E-state index in [4.69, 9.17) is 44.8 Å². The van der Waals surface area contributed by atoms with Crippen LogP contribution in [0, 0.1) is 0 Å². The van der Waals surface area contributed by atoms with E-state index in [9.17, 15) is 0 Å². The molecule has 18 heavy (non-hydrogen) atoms. The average molecular weight is 283 g/mol. The van der Waals surface area contributed by atoms with Gasteiger partial charge in [0, 0.05) is 14.2 Å². The maximum absolute atomic E-state index is 5.86. The molecule has 3 saturated heterocycles. The van der Waals surface area contributed by atoms with E-state index in [1.54, 1.807) is 0 Å². The van der Waals surface area contributed by atoms with Gasteiger partial charge in [-0.05, 0) is 0 Å². The summed E-state index contributed by atoms with van der Waals surface area (Å²) in [6.45, 7) is -1.51. The highest BCUT2D eigenvalue weighted by atomic mass is 35.5. The molecule has 0 saturated carbocycles. The summed E-state index contributed by atoms with van der Waals surface area (Å²) >= 11 is 5.86. The van der Waals surface area contributed by atoms with E-state index >= 15 is 0 Å². The van der Waals surface area contributed by atoms with Crippen molar-refractivity contribution in [1.29, 1.82) is 0 Å². The molecular formula is C10H15ClO7. The smallest absolute Gasteiger partial charge is 0.274 e. The Labute approximate surface area is 109 Å². The van der Waals surface area contributed by atoms with Crippen LogP contribution in [0.3, 0.4) is 0 Å². The molecule has 0 radical (unpaired) electrons. The van der Waals surface area contributed by atoms with Crippen molar-refractivity contribution < 1.29 is 33.2 Å². The highest BCUT2D eigenvalue weighted by Gasteiger charge is 2.58. The molecule has 0 N–H and O–H groups in total. The predicted octanol–water partition coefficient (Wildman–Crippen LogP) is 0.00950. The van der Waals surface area contributed by atoms with Crippen LogP contribution >= 0.6 is 11.6 Å². The van der Waals surface area contributed by atoms with E-state index in [0.29, 0.717) is 0 Å². The van der Waals surface area contributed by atoms with E-state index in [1.807, 2.05) is 0 Å². The molecular weight excluding hydrogens is 268 g/mol. The molecule has 0 aromatic heterocycles. The fourth-order valence-electron chi connectivity index (χ4n) is 2.35. The molecule has 3 heterocycles. The van der Waals surface area contributed by atoms with E-state index in [-0.39, 0.29) is 30.3 Å². The molecule has 3 aliphatic heterocycles. The monoisotopic (exact) mass is 282 g/mol. The summed E-state index contributed by atoms with van der Waals surface area (Å²) in [7, 11) is 2.99. The third kappa shape index (κ3) is 2.04. The van der Waals surface area contributed by atoms with Crippen LogP contribution in [0.1, 0.15) is 0 Å². The minimum absolute atomic E-state index is 0.275. The topological polar surface area (TPSA) is 64.6 Å². The summed E-state index contributed by atoms with van der Waals surface area (Å²) in [4.78, 5) is 0. The van der Waals surface area contributed by atoms with Gasteiger partial charge in [-0.2, -0.15) is 0 Å². The Bertz CT molecular complexity index is 304. The Morgan fingerprint density at radius 2 is 1.50 bits per heavy atom. The van der Waals surface area contributed by atoms with Gasteiger partial charge in [0.1, 0.15) is 24.4 Å². The molecule has 7 atom stereocenters. The summed E-state index contributed by atoms with van der Waals surface area (Å²) in [6.07, 6.45) is -1.91. The van der Waals surface area contributed by atoms with E-state index in [1.165, 1.54) is 14.2 Å². The number of rotatable bonds is 3. The van der Waals surface area contributed by atoms with Gasteiger partial charge < -0.3 is 28.4 Å². The van der Waals surface area contributed by atoms with E-state index in [0.717, 1.165) is 0 Å². The largest absolute Gasteiger partial charge is 0.341 e. The maximum Gasteiger partial charge on any atom is 0.274 e. The fourth-order valence-corrected chi connectivity index (χ4v) is 2.60. The minimum Gasteiger partial charge on any atom is -0.341 e. The Hall–Kier alpha value is 0.01000. The Morgan fingerprint density at radius 1 is 0.833 bits per heavy atom. The molecule has 0 spiro atoms. The van der Waals surface area contributed by atoms with E-state index in [2.05, 4.69) is 0 Å². The molecule has 8 heteroatoms. The van der Waals surface area contributed by atoms with Crippen LogP contribution in [0.4, 0.5) is 0 Å². The van der Waals surface area contributed by atoms with Gasteiger partial charge in [0.2, 0.25) is 0 Å². The van der Waals surface area contributed by atoms with Crippen molar-refractivity contribution in [3.63, 3.8) is 0 Å². The number of hydrogen-bond donors (Lipinski definition) is 0. The van der Waals surface area contributed by atoms with Gasteiger partial charge in [0.05, 0.1) is 5.88 Å². The third-order valence-corrected chi connectivity index (χ3v) is 3.48. The van der Waals surface area contributed by atoms with Crippen molar-refractivity contribution in [3.8, 4) is 0 Å². The van der Waals surface area contributed by atoms with Crippen molar-refractivity contribution in [1.82, 2.24) is 0 Å². The number of fused-ring (bicyclic) bond motifs is 3. The molecule has 0 aromatic carbocycles. The first kappa shape index (κ1) is 13.0. The van der Waals surface area contributed by atoms with Crippen LogP contribution in [-0.4, -0.2) is 63.8 Å². The quantitative estimate of drug-likeness (QED) is 0.676. The minimum atomic E-state index is -0.775. The number of ether oxygens (including phenoxy) is 7. The summed E-state index contributed by atoms with van der Waals surface area (Å²) < 4.78 is 37.7. The van der Waals surface area contributed by atoms with Gasteiger partial charge in [-0.15, -0.1) is 11.6 Å². The normalized spacial score (nSPS) is 51.2. The Morgan fingerprint density at radius 3 is 2.17 bits per heavy atom. The van der Waals surface area contributed by atoms with Crippen molar-refractivity contribution in [3.05, 3.63) is 0 Å². The lowest BCUT2D eigenvalue weighted by molar-refractivity contribution is -0.373. The van der Waals surface area contributed by atoms with Gasteiger partial charge in [-0.1, -0.05) is 0 Å². The first-order chi connectivity index (χ1) is 8.76. The molecule has 7 unspecified atom stereocenters. The molecule has 3 fully saturated rings. The SMILES string of the molecule is COC1OC2OC3C(CCl)OC(OC)OC3C2O1. The average Bonchev–Trinajstić information content (AvgIpc) is 2.94. The lowest BCUT2D eigenvalue weighted by atomic mass is 10.1. The zero-order valence-electron chi connectivity index (χ0n) is 9.98. The van der Waals surface area contributed by atoms with Crippen LogP contribution in [0.2, 0.25) is 0 Å². The predicted molar refractivity (Wildman–Crippen MR) is 56.7 cm³/mol. The molecule has 0 bridgehead atoms. The third-order valence-electron chi connectivity index (χ3n) is 3.18. The van der Waals surface area contributed by atoms with Gasteiger partial charge in [-0.3, -0.25) is 4.74 Å². The van der Waals surface area contributed by atoms with Gasteiger partial charge in [0.15, 0.2) is 6.29 Å². The zero-order valence-corrected chi connectivity index (χ0v) is 10.7. The summed E-state index contributed by atoms with van der Waals surface area (Å²) in [6, 6.07) is 0. The summed E-state index contributed by atoms with van der Waals surface area (Å²) in [5, 5.41) is 0. The van der Waals surface area contributed by atoms with Crippen molar-refractivity contribution in [2.24, 2.45) is 0 Å².